The molecule has 0 aliphatic carbocycles. The maximum absolute atomic E-state index is 13.4. The highest BCUT2D eigenvalue weighted by Gasteiger charge is 2.31. The summed E-state index contributed by atoms with van der Waals surface area (Å²) in [7, 11) is 0. The molecule has 0 spiro atoms. The van der Waals surface area contributed by atoms with E-state index in [1.165, 1.54) is 19.1 Å². The lowest BCUT2D eigenvalue weighted by Gasteiger charge is -2.29. The van der Waals surface area contributed by atoms with Crippen molar-refractivity contribution < 1.29 is 19.0 Å². The minimum atomic E-state index is -1.07. The Labute approximate surface area is 156 Å². The van der Waals surface area contributed by atoms with Gasteiger partial charge in [-0.2, -0.15) is 0 Å². The Morgan fingerprint density at radius 1 is 0.963 bits per heavy atom. The zero-order valence-corrected chi connectivity index (χ0v) is 14.7. The minimum Gasteiger partial charge on any atom is -0.479 e. The highest BCUT2D eigenvalue weighted by molar-refractivity contribution is 5.71. The molecular weight excluding hydrogens is 347 g/mol. The summed E-state index contributed by atoms with van der Waals surface area (Å²) in [6.45, 7) is 1.47. The lowest BCUT2D eigenvalue weighted by molar-refractivity contribution is -0.153. The zero-order chi connectivity index (χ0) is 19.2. The van der Waals surface area contributed by atoms with Crippen molar-refractivity contribution in [3.63, 3.8) is 0 Å². The fourth-order valence-corrected chi connectivity index (χ4v) is 2.94. The summed E-state index contributed by atoms with van der Waals surface area (Å²) in [4.78, 5) is 19.8. The lowest BCUT2D eigenvalue weighted by Crippen LogP contribution is -2.26. The monoisotopic (exact) mass is 366 g/mol. The van der Waals surface area contributed by atoms with Crippen LogP contribution in [0.25, 0.3) is 0 Å². The molecule has 0 fully saturated rings. The Balaban J connectivity index is 2.12. The van der Waals surface area contributed by atoms with Gasteiger partial charge in [0, 0.05) is 30.7 Å². The van der Waals surface area contributed by atoms with Gasteiger partial charge in [-0.3, -0.25) is 9.97 Å². The van der Waals surface area contributed by atoms with Crippen molar-refractivity contribution in [3.8, 4) is 0 Å². The molecule has 0 aliphatic heterocycles. The fraction of sp³-hybridized carbons (Fsp3) is 0.190. The predicted octanol–water partition coefficient (Wildman–Crippen LogP) is 3.98. The van der Waals surface area contributed by atoms with Gasteiger partial charge < -0.3 is 9.84 Å². The molecule has 1 aromatic carbocycles. The number of nitrogens with zero attached hydrogens (tertiary/aromatic N) is 2. The number of aliphatic carboxylic acids is 1. The summed E-state index contributed by atoms with van der Waals surface area (Å²) in [5.41, 5.74) is 2.36. The molecule has 0 aliphatic rings. The van der Waals surface area contributed by atoms with E-state index in [0.717, 1.165) is 11.1 Å². The van der Waals surface area contributed by atoms with Crippen molar-refractivity contribution >= 4 is 5.97 Å². The molecule has 2 heterocycles. The van der Waals surface area contributed by atoms with Gasteiger partial charge in [0.05, 0.1) is 6.10 Å². The SMILES string of the molecule is CC(OC(c1ccc(F)cc1)C(c1cccnc1)c1cccnc1)C(=O)O. The Morgan fingerprint density at radius 3 is 1.96 bits per heavy atom. The number of hydrogen-bond donors (Lipinski definition) is 1. The average Bonchev–Trinajstić information content (AvgIpc) is 2.69. The Bertz CT molecular complexity index is 833. The number of pyridine rings is 2. The Kier molecular flexibility index (Phi) is 5.88. The third kappa shape index (κ3) is 4.54. The molecule has 6 heteroatoms. The number of aromatic nitrogens is 2. The van der Waals surface area contributed by atoms with Gasteiger partial charge in [-0.25, -0.2) is 9.18 Å². The molecule has 5 nitrogen and oxygen atoms in total. The quantitative estimate of drug-likeness (QED) is 0.685. The van der Waals surface area contributed by atoms with E-state index in [-0.39, 0.29) is 11.7 Å². The number of rotatable bonds is 7. The lowest BCUT2D eigenvalue weighted by atomic mass is 9.84. The topological polar surface area (TPSA) is 72.3 Å². The highest BCUT2D eigenvalue weighted by atomic mass is 19.1. The normalized spacial score (nSPS) is 13.3. The molecule has 0 amide bonds. The van der Waals surface area contributed by atoms with E-state index in [1.54, 1.807) is 49.1 Å². The summed E-state index contributed by atoms with van der Waals surface area (Å²) in [6.07, 6.45) is 5.04. The average molecular weight is 366 g/mol. The summed E-state index contributed by atoms with van der Waals surface area (Å²) < 4.78 is 19.4. The molecule has 2 unspecified atom stereocenters. The van der Waals surface area contributed by atoms with Gasteiger partial charge in [-0.15, -0.1) is 0 Å². The molecule has 0 bridgehead atoms. The van der Waals surface area contributed by atoms with Crippen LogP contribution in [0.4, 0.5) is 4.39 Å². The zero-order valence-electron chi connectivity index (χ0n) is 14.7. The number of carboxylic acids is 1. The molecule has 0 saturated heterocycles. The van der Waals surface area contributed by atoms with Gasteiger partial charge in [0.15, 0.2) is 6.10 Å². The fourth-order valence-electron chi connectivity index (χ4n) is 2.94. The second-order valence-electron chi connectivity index (χ2n) is 6.14. The summed E-state index contributed by atoms with van der Waals surface area (Å²) in [5.74, 6) is -1.80. The molecule has 3 aromatic rings. The van der Waals surface area contributed by atoms with Crippen molar-refractivity contribution in [2.24, 2.45) is 0 Å². The van der Waals surface area contributed by atoms with Gasteiger partial charge in [0.1, 0.15) is 5.82 Å². The van der Waals surface area contributed by atoms with Crippen LogP contribution in [0.2, 0.25) is 0 Å². The van der Waals surface area contributed by atoms with Gasteiger partial charge in [0.25, 0.3) is 0 Å². The maximum atomic E-state index is 13.4. The van der Waals surface area contributed by atoms with Gasteiger partial charge in [-0.1, -0.05) is 24.3 Å². The third-order valence-electron chi connectivity index (χ3n) is 4.29. The number of carboxylic acid groups (broad SMARTS) is 1. The van der Waals surface area contributed by atoms with Crippen LogP contribution < -0.4 is 0 Å². The van der Waals surface area contributed by atoms with E-state index in [9.17, 15) is 14.3 Å². The molecule has 1 N–H and O–H groups in total. The molecule has 27 heavy (non-hydrogen) atoms. The van der Waals surface area contributed by atoms with Crippen molar-refractivity contribution in [1.82, 2.24) is 9.97 Å². The second kappa shape index (κ2) is 8.51. The summed E-state index contributed by atoms with van der Waals surface area (Å²) in [6, 6.07) is 13.3. The van der Waals surface area contributed by atoms with E-state index in [4.69, 9.17) is 4.74 Å². The predicted molar refractivity (Wildman–Crippen MR) is 97.6 cm³/mol. The first-order valence-corrected chi connectivity index (χ1v) is 8.50. The first kappa shape index (κ1) is 18.7. The third-order valence-corrected chi connectivity index (χ3v) is 4.29. The molecular formula is C21H19FN2O3. The van der Waals surface area contributed by atoms with Crippen LogP contribution in [-0.4, -0.2) is 27.1 Å². The van der Waals surface area contributed by atoms with Crippen LogP contribution in [0.1, 0.15) is 35.6 Å². The first-order valence-electron chi connectivity index (χ1n) is 8.50. The van der Waals surface area contributed by atoms with E-state index in [2.05, 4.69) is 9.97 Å². The maximum Gasteiger partial charge on any atom is 0.332 e. The standard InChI is InChI=1S/C21H19FN2O3/c1-14(21(25)26)27-20(15-6-8-18(22)9-7-15)19(16-4-2-10-23-12-16)17-5-3-11-24-13-17/h2-14,19-20H,1H3,(H,25,26). The van der Waals surface area contributed by atoms with E-state index >= 15 is 0 Å². The van der Waals surface area contributed by atoms with E-state index in [0.29, 0.717) is 5.56 Å². The van der Waals surface area contributed by atoms with Crippen molar-refractivity contribution in [3.05, 3.63) is 95.8 Å². The highest BCUT2D eigenvalue weighted by Crippen LogP contribution is 2.39. The summed E-state index contributed by atoms with van der Waals surface area (Å²) in [5, 5.41) is 9.34. The van der Waals surface area contributed by atoms with Gasteiger partial charge in [-0.05, 0) is 47.9 Å². The van der Waals surface area contributed by atoms with Crippen LogP contribution in [0.3, 0.4) is 0 Å². The summed E-state index contributed by atoms with van der Waals surface area (Å²) >= 11 is 0. The van der Waals surface area contributed by atoms with Crippen molar-refractivity contribution in [2.45, 2.75) is 25.0 Å². The number of hydrogen-bond acceptors (Lipinski definition) is 4. The second-order valence-corrected chi connectivity index (χ2v) is 6.14. The van der Waals surface area contributed by atoms with Crippen molar-refractivity contribution in [2.75, 3.05) is 0 Å². The molecule has 0 radical (unpaired) electrons. The van der Waals surface area contributed by atoms with Gasteiger partial charge in [0.2, 0.25) is 0 Å². The van der Waals surface area contributed by atoms with Crippen LogP contribution in [0, 0.1) is 5.82 Å². The van der Waals surface area contributed by atoms with Crippen LogP contribution in [0.5, 0.6) is 0 Å². The van der Waals surface area contributed by atoms with Crippen LogP contribution in [-0.2, 0) is 9.53 Å². The number of carbonyl (C=O) groups is 1. The van der Waals surface area contributed by atoms with Gasteiger partial charge >= 0.3 is 5.97 Å². The molecule has 2 atom stereocenters. The first-order chi connectivity index (χ1) is 13.1. The molecule has 138 valence electrons. The molecule has 2 aromatic heterocycles. The molecule has 0 saturated carbocycles. The Morgan fingerprint density at radius 2 is 1.52 bits per heavy atom. The smallest absolute Gasteiger partial charge is 0.332 e. The van der Waals surface area contributed by atoms with Crippen molar-refractivity contribution in [1.29, 1.82) is 0 Å². The molecule has 3 rings (SSSR count). The number of benzene rings is 1. The van der Waals surface area contributed by atoms with E-state index < -0.39 is 18.2 Å². The van der Waals surface area contributed by atoms with Crippen LogP contribution >= 0.6 is 0 Å². The minimum absolute atomic E-state index is 0.361. The number of halogens is 1. The Hall–Kier alpha value is -3.12. The number of ether oxygens (including phenoxy) is 1. The largest absolute Gasteiger partial charge is 0.479 e. The van der Waals surface area contributed by atoms with E-state index in [1.807, 2.05) is 12.1 Å². The van der Waals surface area contributed by atoms with Crippen LogP contribution in [0.15, 0.2) is 73.3 Å².